The van der Waals surface area contributed by atoms with Crippen molar-refractivity contribution in [2.75, 3.05) is 26.2 Å². The zero-order chi connectivity index (χ0) is 11.7. The van der Waals surface area contributed by atoms with Crippen molar-refractivity contribution in [2.24, 2.45) is 5.92 Å². The maximum atomic E-state index is 11.9. The second-order valence-electron chi connectivity index (χ2n) is 3.53. The van der Waals surface area contributed by atoms with Crippen LogP contribution in [0.1, 0.15) is 13.8 Å². The smallest absolute Gasteiger partial charge is 0.227 e. The van der Waals surface area contributed by atoms with Gasteiger partial charge in [-0.25, -0.2) is 0 Å². The van der Waals surface area contributed by atoms with Crippen molar-refractivity contribution >= 4 is 5.91 Å². The van der Waals surface area contributed by atoms with Crippen LogP contribution in [0.2, 0.25) is 0 Å². The predicted molar refractivity (Wildman–Crippen MR) is 64.7 cm³/mol. The first kappa shape index (κ1) is 13.9. The molecule has 0 aliphatic carbocycles. The molecule has 0 fully saturated rings. The van der Waals surface area contributed by atoms with Crippen LogP contribution in [0, 0.1) is 5.92 Å². The number of hydrogen-bond donors (Lipinski definition) is 1. The summed E-state index contributed by atoms with van der Waals surface area (Å²) < 4.78 is 0. The molecule has 1 amide bonds. The topological polar surface area (TPSA) is 32.3 Å². The van der Waals surface area contributed by atoms with E-state index < -0.39 is 0 Å². The second-order valence-corrected chi connectivity index (χ2v) is 3.53. The summed E-state index contributed by atoms with van der Waals surface area (Å²) in [7, 11) is 0. The normalized spacial score (nSPS) is 11.9. The van der Waals surface area contributed by atoms with Gasteiger partial charge in [-0.05, 0) is 6.54 Å². The van der Waals surface area contributed by atoms with Crippen LogP contribution >= 0.6 is 0 Å². The molecule has 0 bridgehead atoms. The zero-order valence-corrected chi connectivity index (χ0v) is 9.83. The third-order valence-electron chi connectivity index (χ3n) is 2.13. The highest BCUT2D eigenvalue weighted by Gasteiger charge is 2.17. The maximum Gasteiger partial charge on any atom is 0.227 e. The molecule has 86 valence electrons. The van der Waals surface area contributed by atoms with Gasteiger partial charge in [0.05, 0.1) is 0 Å². The summed E-state index contributed by atoms with van der Waals surface area (Å²) in [4.78, 5) is 13.7. The van der Waals surface area contributed by atoms with Gasteiger partial charge in [0.25, 0.3) is 0 Å². The fourth-order valence-electron chi connectivity index (χ4n) is 1.33. The molecule has 0 heterocycles. The summed E-state index contributed by atoms with van der Waals surface area (Å²) in [5, 5.41) is 3.17. The van der Waals surface area contributed by atoms with E-state index in [1.54, 1.807) is 17.1 Å². The van der Waals surface area contributed by atoms with E-state index in [4.69, 9.17) is 0 Å². The number of nitrogens with zero attached hydrogens (tertiary/aromatic N) is 1. The van der Waals surface area contributed by atoms with Gasteiger partial charge in [0, 0.05) is 25.6 Å². The molecule has 0 saturated heterocycles. The molecule has 1 unspecified atom stereocenters. The molecule has 0 aromatic rings. The summed E-state index contributed by atoms with van der Waals surface area (Å²) in [6.07, 6.45) is 3.47. The Kier molecular flexibility index (Phi) is 7.64. The van der Waals surface area contributed by atoms with Gasteiger partial charge in [0.2, 0.25) is 5.91 Å². The van der Waals surface area contributed by atoms with Crippen LogP contribution in [0.25, 0.3) is 0 Å². The van der Waals surface area contributed by atoms with Crippen LogP contribution in [0.5, 0.6) is 0 Å². The third kappa shape index (κ3) is 5.37. The lowest BCUT2D eigenvalue weighted by Crippen LogP contribution is -2.39. The van der Waals surface area contributed by atoms with Crippen molar-refractivity contribution in [1.29, 1.82) is 0 Å². The van der Waals surface area contributed by atoms with Gasteiger partial charge >= 0.3 is 0 Å². The molecule has 0 aromatic heterocycles. The number of carbonyl (C=O) groups excluding carboxylic acids is 1. The summed E-state index contributed by atoms with van der Waals surface area (Å²) in [6.45, 7) is 14.0. The van der Waals surface area contributed by atoms with E-state index in [9.17, 15) is 4.79 Å². The van der Waals surface area contributed by atoms with Crippen LogP contribution in [-0.4, -0.2) is 37.0 Å². The number of rotatable bonds is 8. The third-order valence-corrected chi connectivity index (χ3v) is 2.13. The molecule has 0 aliphatic rings. The van der Waals surface area contributed by atoms with Gasteiger partial charge in [-0.1, -0.05) is 26.0 Å². The van der Waals surface area contributed by atoms with Crippen molar-refractivity contribution in [3.05, 3.63) is 25.3 Å². The van der Waals surface area contributed by atoms with Crippen molar-refractivity contribution < 1.29 is 4.79 Å². The number of hydrogen-bond acceptors (Lipinski definition) is 2. The number of nitrogens with one attached hydrogen (secondary N) is 1. The SMILES string of the molecule is C=CCN(CC=C)C(=O)C(C)CNCC. The Balaban J connectivity index is 4.20. The quantitative estimate of drug-likeness (QED) is 0.615. The minimum absolute atomic E-state index is 0.00449. The van der Waals surface area contributed by atoms with Gasteiger partial charge in [-0.15, -0.1) is 13.2 Å². The van der Waals surface area contributed by atoms with Crippen molar-refractivity contribution in [3.8, 4) is 0 Å². The van der Waals surface area contributed by atoms with Gasteiger partial charge in [0.15, 0.2) is 0 Å². The van der Waals surface area contributed by atoms with E-state index in [0.29, 0.717) is 13.1 Å². The van der Waals surface area contributed by atoms with Gasteiger partial charge < -0.3 is 10.2 Å². The summed E-state index contributed by atoms with van der Waals surface area (Å²) in [6, 6.07) is 0. The van der Waals surface area contributed by atoms with Gasteiger partial charge in [-0.3, -0.25) is 4.79 Å². The first-order chi connectivity index (χ1) is 7.17. The Hall–Kier alpha value is -1.09. The van der Waals surface area contributed by atoms with Crippen LogP contribution < -0.4 is 5.32 Å². The van der Waals surface area contributed by atoms with Crippen LogP contribution in [0.3, 0.4) is 0 Å². The average Bonchev–Trinajstić information content (AvgIpc) is 2.24. The van der Waals surface area contributed by atoms with Crippen molar-refractivity contribution in [2.45, 2.75) is 13.8 Å². The zero-order valence-electron chi connectivity index (χ0n) is 9.83. The molecule has 1 atom stereocenters. The summed E-state index contributed by atoms with van der Waals surface area (Å²) >= 11 is 0. The molecule has 3 nitrogen and oxygen atoms in total. The van der Waals surface area contributed by atoms with E-state index in [2.05, 4.69) is 18.5 Å². The Morgan fingerprint density at radius 1 is 1.40 bits per heavy atom. The molecule has 0 spiro atoms. The molecule has 15 heavy (non-hydrogen) atoms. The molecular weight excluding hydrogens is 188 g/mol. The highest BCUT2D eigenvalue weighted by atomic mass is 16.2. The first-order valence-electron chi connectivity index (χ1n) is 5.38. The minimum Gasteiger partial charge on any atom is -0.335 e. The standard InChI is InChI=1S/C12H22N2O/c1-5-8-14(9-6-2)12(15)11(4)10-13-7-3/h5-6,11,13H,1-2,7-10H2,3-4H3. The molecule has 0 saturated carbocycles. The Labute approximate surface area is 92.8 Å². The number of carbonyl (C=O) groups is 1. The average molecular weight is 210 g/mol. The van der Waals surface area contributed by atoms with E-state index in [1.807, 2.05) is 13.8 Å². The van der Waals surface area contributed by atoms with Crippen LogP contribution in [-0.2, 0) is 4.79 Å². The Morgan fingerprint density at radius 3 is 2.33 bits per heavy atom. The Morgan fingerprint density at radius 2 is 1.93 bits per heavy atom. The molecule has 0 radical (unpaired) electrons. The fraction of sp³-hybridized carbons (Fsp3) is 0.583. The monoisotopic (exact) mass is 210 g/mol. The highest BCUT2D eigenvalue weighted by molar-refractivity contribution is 5.79. The molecule has 1 N–H and O–H groups in total. The van der Waals surface area contributed by atoms with Crippen molar-refractivity contribution in [3.63, 3.8) is 0 Å². The van der Waals surface area contributed by atoms with E-state index in [0.717, 1.165) is 13.1 Å². The largest absolute Gasteiger partial charge is 0.335 e. The Bertz CT molecular complexity index is 204. The van der Waals surface area contributed by atoms with E-state index in [1.165, 1.54) is 0 Å². The molecule has 3 heteroatoms. The second kappa shape index (κ2) is 8.24. The molecule has 0 aliphatic heterocycles. The first-order valence-corrected chi connectivity index (χ1v) is 5.38. The lowest BCUT2D eigenvalue weighted by Gasteiger charge is -2.23. The number of amides is 1. The molecular formula is C12H22N2O. The lowest BCUT2D eigenvalue weighted by atomic mass is 10.1. The summed E-state index contributed by atoms with van der Waals surface area (Å²) in [5.41, 5.74) is 0. The van der Waals surface area contributed by atoms with Gasteiger partial charge in [-0.2, -0.15) is 0 Å². The highest BCUT2D eigenvalue weighted by Crippen LogP contribution is 2.02. The maximum absolute atomic E-state index is 11.9. The fourth-order valence-corrected chi connectivity index (χ4v) is 1.33. The van der Waals surface area contributed by atoms with E-state index >= 15 is 0 Å². The van der Waals surface area contributed by atoms with Crippen molar-refractivity contribution in [1.82, 2.24) is 10.2 Å². The summed E-state index contributed by atoms with van der Waals surface area (Å²) in [5.74, 6) is 0.153. The van der Waals surface area contributed by atoms with Crippen LogP contribution in [0.4, 0.5) is 0 Å². The van der Waals surface area contributed by atoms with Crippen LogP contribution in [0.15, 0.2) is 25.3 Å². The van der Waals surface area contributed by atoms with Gasteiger partial charge in [0.1, 0.15) is 0 Å². The predicted octanol–water partition coefficient (Wildman–Crippen LogP) is 1.43. The van der Waals surface area contributed by atoms with E-state index in [-0.39, 0.29) is 11.8 Å². The molecule has 0 rings (SSSR count). The minimum atomic E-state index is 0.00449. The molecule has 0 aromatic carbocycles. The lowest BCUT2D eigenvalue weighted by molar-refractivity contribution is -0.133.